The molecule has 1 saturated heterocycles. The van der Waals surface area contributed by atoms with E-state index in [2.05, 4.69) is 18.7 Å². The Morgan fingerprint density at radius 3 is 2.44 bits per heavy atom. The first-order chi connectivity index (χ1) is 7.36. The van der Waals surface area contributed by atoms with Crippen LogP contribution in [0.2, 0.25) is 0 Å². The molecular formula is C14H27NO. The number of hydrogen-bond acceptors (Lipinski definition) is 2. The molecule has 2 nitrogen and oxygen atoms in total. The van der Waals surface area contributed by atoms with Gasteiger partial charge in [-0.3, -0.25) is 9.69 Å². The van der Waals surface area contributed by atoms with Gasteiger partial charge in [0.2, 0.25) is 0 Å². The second-order valence-electron chi connectivity index (χ2n) is 6.15. The van der Waals surface area contributed by atoms with Crippen LogP contribution in [0.1, 0.15) is 60.3 Å². The van der Waals surface area contributed by atoms with E-state index in [0.29, 0.717) is 24.3 Å². The summed E-state index contributed by atoms with van der Waals surface area (Å²) in [7, 11) is 0. The molecule has 0 aromatic carbocycles. The van der Waals surface area contributed by atoms with Gasteiger partial charge in [0.05, 0.1) is 0 Å². The highest BCUT2D eigenvalue weighted by Crippen LogP contribution is 2.27. The second kappa shape index (κ2) is 5.31. The van der Waals surface area contributed by atoms with Crippen LogP contribution in [-0.2, 0) is 4.79 Å². The zero-order chi connectivity index (χ0) is 12.3. The standard InChI is InChI=1S/C14H27NO/c1-6-12-8-7-11(2)15(12)10-9-13(16)14(3,4)5/h11-12H,6-10H2,1-5H3. The molecule has 94 valence electrons. The first-order valence-electron chi connectivity index (χ1n) is 6.65. The Hall–Kier alpha value is -0.370. The fourth-order valence-electron chi connectivity index (χ4n) is 2.57. The summed E-state index contributed by atoms with van der Waals surface area (Å²) >= 11 is 0. The van der Waals surface area contributed by atoms with Gasteiger partial charge < -0.3 is 0 Å². The lowest BCUT2D eigenvalue weighted by atomic mass is 9.89. The van der Waals surface area contributed by atoms with Crippen LogP contribution in [0.25, 0.3) is 0 Å². The maximum atomic E-state index is 11.9. The number of Topliss-reactive ketones (excluding diaryl/α,β-unsaturated/α-hetero) is 1. The topological polar surface area (TPSA) is 20.3 Å². The number of hydrogen-bond donors (Lipinski definition) is 0. The molecule has 1 heterocycles. The van der Waals surface area contributed by atoms with Crippen LogP contribution in [0, 0.1) is 5.41 Å². The van der Waals surface area contributed by atoms with Gasteiger partial charge in [-0.15, -0.1) is 0 Å². The minimum Gasteiger partial charge on any atom is -0.299 e. The fraction of sp³-hybridized carbons (Fsp3) is 0.929. The van der Waals surface area contributed by atoms with Gasteiger partial charge in [-0.1, -0.05) is 27.7 Å². The van der Waals surface area contributed by atoms with E-state index in [9.17, 15) is 4.79 Å². The molecule has 0 aromatic rings. The summed E-state index contributed by atoms with van der Waals surface area (Å²) in [6.07, 6.45) is 4.53. The molecule has 0 saturated carbocycles. The second-order valence-corrected chi connectivity index (χ2v) is 6.15. The summed E-state index contributed by atoms with van der Waals surface area (Å²) in [6, 6.07) is 1.38. The average Bonchev–Trinajstić information content (AvgIpc) is 2.54. The maximum Gasteiger partial charge on any atom is 0.139 e. The molecule has 1 fully saturated rings. The van der Waals surface area contributed by atoms with Gasteiger partial charge in [-0.25, -0.2) is 0 Å². The molecule has 0 radical (unpaired) electrons. The SMILES string of the molecule is CCC1CCC(C)N1CCC(=O)C(C)(C)C. The predicted molar refractivity (Wildman–Crippen MR) is 68.6 cm³/mol. The third-order valence-electron chi connectivity index (χ3n) is 3.86. The van der Waals surface area contributed by atoms with E-state index in [1.54, 1.807) is 0 Å². The van der Waals surface area contributed by atoms with Crippen LogP contribution >= 0.6 is 0 Å². The number of carbonyl (C=O) groups excluding carboxylic acids is 1. The third-order valence-corrected chi connectivity index (χ3v) is 3.86. The smallest absolute Gasteiger partial charge is 0.139 e. The molecule has 1 rings (SSSR count). The molecule has 0 spiro atoms. The first-order valence-corrected chi connectivity index (χ1v) is 6.65. The molecule has 0 aliphatic carbocycles. The molecule has 2 unspecified atom stereocenters. The zero-order valence-electron chi connectivity index (χ0n) is 11.5. The van der Waals surface area contributed by atoms with E-state index >= 15 is 0 Å². The van der Waals surface area contributed by atoms with Crippen LogP contribution in [0.5, 0.6) is 0 Å². The molecule has 1 aliphatic heterocycles. The predicted octanol–water partition coefficient (Wildman–Crippen LogP) is 3.25. The Morgan fingerprint density at radius 1 is 1.31 bits per heavy atom. The van der Waals surface area contributed by atoms with Crippen molar-refractivity contribution in [3.63, 3.8) is 0 Å². The van der Waals surface area contributed by atoms with Crippen molar-refractivity contribution in [2.45, 2.75) is 72.4 Å². The van der Waals surface area contributed by atoms with Crippen LogP contribution in [0.4, 0.5) is 0 Å². The van der Waals surface area contributed by atoms with E-state index in [1.165, 1.54) is 19.3 Å². The quantitative estimate of drug-likeness (QED) is 0.732. The number of nitrogens with zero attached hydrogens (tertiary/aromatic N) is 1. The molecule has 0 N–H and O–H groups in total. The highest BCUT2D eigenvalue weighted by molar-refractivity contribution is 5.83. The fourth-order valence-corrected chi connectivity index (χ4v) is 2.57. The van der Waals surface area contributed by atoms with E-state index in [0.717, 1.165) is 6.54 Å². The van der Waals surface area contributed by atoms with Gasteiger partial charge in [0.1, 0.15) is 5.78 Å². The molecule has 0 bridgehead atoms. The minimum atomic E-state index is -0.176. The molecule has 2 atom stereocenters. The van der Waals surface area contributed by atoms with Gasteiger partial charge in [0.25, 0.3) is 0 Å². The average molecular weight is 225 g/mol. The van der Waals surface area contributed by atoms with Crippen molar-refractivity contribution in [1.29, 1.82) is 0 Å². The summed E-state index contributed by atoms with van der Waals surface area (Å²) in [4.78, 5) is 14.4. The van der Waals surface area contributed by atoms with Crippen molar-refractivity contribution >= 4 is 5.78 Å². The lowest BCUT2D eigenvalue weighted by Gasteiger charge is -2.28. The van der Waals surface area contributed by atoms with Gasteiger partial charge in [-0.05, 0) is 26.2 Å². The van der Waals surface area contributed by atoms with Crippen molar-refractivity contribution in [2.75, 3.05) is 6.54 Å². The van der Waals surface area contributed by atoms with Crippen LogP contribution in [0.15, 0.2) is 0 Å². The Morgan fingerprint density at radius 2 is 1.94 bits per heavy atom. The van der Waals surface area contributed by atoms with Crippen LogP contribution < -0.4 is 0 Å². The summed E-state index contributed by atoms with van der Waals surface area (Å²) in [6.45, 7) is 11.5. The lowest BCUT2D eigenvalue weighted by Crippen LogP contribution is -2.37. The molecular weight excluding hydrogens is 198 g/mol. The number of rotatable bonds is 4. The number of carbonyl (C=O) groups is 1. The van der Waals surface area contributed by atoms with Gasteiger partial charge in [0, 0.05) is 30.5 Å². The van der Waals surface area contributed by atoms with Gasteiger partial charge in [-0.2, -0.15) is 0 Å². The van der Waals surface area contributed by atoms with Crippen molar-refractivity contribution in [3.8, 4) is 0 Å². The normalized spacial score (nSPS) is 27.3. The summed E-state index contributed by atoms with van der Waals surface area (Å²) in [5.41, 5.74) is -0.176. The Balaban J connectivity index is 2.45. The van der Waals surface area contributed by atoms with E-state index in [1.807, 2.05) is 20.8 Å². The lowest BCUT2D eigenvalue weighted by molar-refractivity contribution is -0.126. The first kappa shape index (κ1) is 13.7. The zero-order valence-corrected chi connectivity index (χ0v) is 11.5. The summed E-state index contributed by atoms with van der Waals surface area (Å²) < 4.78 is 0. The summed E-state index contributed by atoms with van der Waals surface area (Å²) in [5, 5.41) is 0. The Bertz CT molecular complexity index is 242. The largest absolute Gasteiger partial charge is 0.299 e. The van der Waals surface area contributed by atoms with E-state index in [-0.39, 0.29) is 5.41 Å². The number of ketones is 1. The Kier molecular flexibility index (Phi) is 4.54. The van der Waals surface area contributed by atoms with Crippen molar-refractivity contribution < 1.29 is 4.79 Å². The minimum absolute atomic E-state index is 0.176. The van der Waals surface area contributed by atoms with Crippen molar-refractivity contribution in [3.05, 3.63) is 0 Å². The van der Waals surface area contributed by atoms with E-state index < -0.39 is 0 Å². The Labute approximate surface area is 100 Å². The maximum absolute atomic E-state index is 11.9. The van der Waals surface area contributed by atoms with Crippen LogP contribution in [-0.4, -0.2) is 29.3 Å². The molecule has 2 heteroatoms. The molecule has 16 heavy (non-hydrogen) atoms. The molecule has 0 amide bonds. The highest BCUT2D eigenvalue weighted by atomic mass is 16.1. The van der Waals surface area contributed by atoms with Gasteiger partial charge >= 0.3 is 0 Å². The number of likely N-dealkylation sites (tertiary alicyclic amines) is 1. The highest BCUT2D eigenvalue weighted by Gasteiger charge is 2.30. The van der Waals surface area contributed by atoms with Crippen molar-refractivity contribution in [1.82, 2.24) is 4.90 Å². The van der Waals surface area contributed by atoms with E-state index in [4.69, 9.17) is 0 Å². The summed E-state index contributed by atoms with van der Waals surface area (Å²) in [5.74, 6) is 0.390. The van der Waals surface area contributed by atoms with Gasteiger partial charge in [0.15, 0.2) is 0 Å². The van der Waals surface area contributed by atoms with Crippen LogP contribution in [0.3, 0.4) is 0 Å². The monoisotopic (exact) mass is 225 g/mol. The van der Waals surface area contributed by atoms with Crippen molar-refractivity contribution in [2.24, 2.45) is 5.41 Å². The molecule has 0 aromatic heterocycles. The molecule has 1 aliphatic rings. The third kappa shape index (κ3) is 3.31.